The van der Waals surface area contributed by atoms with Crippen LogP contribution in [0.15, 0.2) is 53.0 Å². The maximum absolute atomic E-state index is 10.9. The molecule has 0 saturated heterocycles. The Morgan fingerprint density at radius 3 is 2.62 bits per heavy atom. The third-order valence-electron chi connectivity index (χ3n) is 4.70. The zero-order valence-corrected chi connectivity index (χ0v) is 13.5. The average molecular weight is 346 g/mol. The van der Waals surface area contributed by atoms with Crippen molar-refractivity contribution in [1.82, 2.24) is 0 Å². The zero-order chi connectivity index (χ0) is 14.9. The van der Waals surface area contributed by atoms with Crippen molar-refractivity contribution in [2.45, 2.75) is 25.4 Å². The molecule has 2 nitrogen and oxygen atoms in total. The van der Waals surface area contributed by atoms with Crippen molar-refractivity contribution in [3.63, 3.8) is 0 Å². The first-order valence-corrected chi connectivity index (χ1v) is 8.14. The number of hydrogen-bond donors (Lipinski definition) is 2. The number of hydrogen-bond acceptors (Lipinski definition) is 2. The molecule has 2 aromatic carbocycles. The first kappa shape index (κ1) is 14.8. The Labute approximate surface area is 134 Å². The molecule has 1 aliphatic rings. The van der Waals surface area contributed by atoms with Crippen LogP contribution in [0.3, 0.4) is 0 Å². The molecule has 3 rings (SSSR count). The predicted molar refractivity (Wildman–Crippen MR) is 89.1 cm³/mol. The molecule has 0 aromatic heterocycles. The van der Waals surface area contributed by atoms with Gasteiger partial charge in [0, 0.05) is 16.4 Å². The van der Waals surface area contributed by atoms with Crippen molar-refractivity contribution >= 4 is 15.9 Å². The summed E-state index contributed by atoms with van der Waals surface area (Å²) >= 11 is 3.48. The normalized spacial score (nSPS) is 22.6. The van der Waals surface area contributed by atoms with E-state index in [2.05, 4.69) is 40.2 Å². The molecule has 0 bridgehead atoms. The summed E-state index contributed by atoms with van der Waals surface area (Å²) in [7, 11) is 0. The Morgan fingerprint density at radius 1 is 1.14 bits per heavy atom. The molecule has 3 heteroatoms. The number of aryl methyl sites for hydroxylation is 1. The van der Waals surface area contributed by atoms with Crippen LogP contribution in [0.4, 0.5) is 0 Å². The van der Waals surface area contributed by atoms with E-state index in [4.69, 9.17) is 5.73 Å². The Morgan fingerprint density at radius 2 is 1.90 bits per heavy atom. The highest BCUT2D eigenvalue weighted by atomic mass is 79.9. The van der Waals surface area contributed by atoms with Gasteiger partial charge in [0.25, 0.3) is 0 Å². The van der Waals surface area contributed by atoms with Gasteiger partial charge in [-0.1, -0.05) is 52.3 Å². The molecule has 0 heterocycles. The molecule has 0 fully saturated rings. The first-order chi connectivity index (χ1) is 10.1. The third kappa shape index (κ3) is 2.78. The summed E-state index contributed by atoms with van der Waals surface area (Å²) in [5.74, 6) is 0. The number of benzene rings is 2. The summed E-state index contributed by atoms with van der Waals surface area (Å²) in [6.45, 7) is 0.495. The third-order valence-corrected chi connectivity index (χ3v) is 5.20. The smallest absolute Gasteiger partial charge is 0.0862 e. The second kappa shape index (κ2) is 5.91. The zero-order valence-electron chi connectivity index (χ0n) is 11.9. The molecule has 0 radical (unpaired) electrons. The molecule has 21 heavy (non-hydrogen) atoms. The fraction of sp³-hybridized carbons (Fsp3) is 0.333. The second-order valence-corrected chi connectivity index (χ2v) is 6.89. The highest BCUT2D eigenvalue weighted by Crippen LogP contribution is 2.44. The van der Waals surface area contributed by atoms with Gasteiger partial charge in [-0.2, -0.15) is 0 Å². The Hall–Kier alpha value is -1.16. The maximum Gasteiger partial charge on any atom is 0.0862 e. The summed E-state index contributed by atoms with van der Waals surface area (Å²) in [5.41, 5.74) is 9.48. The van der Waals surface area contributed by atoms with Crippen LogP contribution in [0.5, 0.6) is 0 Å². The molecule has 2 unspecified atom stereocenters. The van der Waals surface area contributed by atoms with E-state index in [9.17, 15) is 5.11 Å². The van der Waals surface area contributed by atoms with E-state index in [0.29, 0.717) is 6.54 Å². The lowest BCUT2D eigenvalue weighted by molar-refractivity contribution is 0.0177. The van der Waals surface area contributed by atoms with E-state index in [1.807, 2.05) is 24.3 Å². The summed E-state index contributed by atoms with van der Waals surface area (Å²) < 4.78 is 0.988. The van der Waals surface area contributed by atoms with Gasteiger partial charge in [0.1, 0.15) is 0 Å². The first-order valence-electron chi connectivity index (χ1n) is 7.35. The van der Waals surface area contributed by atoms with Crippen LogP contribution in [0, 0.1) is 5.41 Å². The van der Waals surface area contributed by atoms with Crippen molar-refractivity contribution in [2.75, 3.05) is 6.54 Å². The van der Waals surface area contributed by atoms with Crippen molar-refractivity contribution in [3.05, 3.63) is 69.7 Å². The lowest BCUT2D eigenvalue weighted by Gasteiger charge is -2.41. The van der Waals surface area contributed by atoms with Gasteiger partial charge in [0.2, 0.25) is 0 Å². The number of rotatable bonds is 3. The molecule has 110 valence electrons. The number of nitrogens with two attached hydrogens (primary N) is 1. The number of halogens is 1. The average Bonchev–Trinajstić information content (AvgIpc) is 2.53. The van der Waals surface area contributed by atoms with Crippen molar-refractivity contribution < 1.29 is 5.11 Å². The van der Waals surface area contributed by atoms with Crippen molar-refractivity contribution in [3.8, 4) is 0 Å². The minimum absolute atomic E-state index is 0.269. The lowest BCUT2D eigenvalue weighted by atomic mass is 9.66. The minimum Gasteiger partial charge on any atom is -0.388 e. The molecule has 3 N–H and O–H groups in total. The highest BCUT2D eigenvalue weighted by molar-refractivity contribution is 9.10. The van der Waals surface area contributed by atoms with Crippen LogP contribution in [0.2, 0.25) is 0 Å². The quantitative estimate of drug-likeness (QED) is 0.892. The van der Waals surface area contributed by atoms with Gasteiger partial charge in [0.05, 0.1) is 6.10 Å². The van der Waals surface area contributed by atoms with Crippen LogP contribution >= 0.6 is 15.9 Å². The second-order valence-electron chi connectivity index (χ2n) is 5.97. The van der Waals surface area contributed by atoms with Crippen LogP contribution < -0.4 is 5.73 Å². The maximum atomic E-state index is 10.9. The van der Waals surface area contributed by atoms with Crippen LogP contribution in [0.1, 0.15) is 29.2 Å². The molecule has 0 saturated carbocycles. The number of fused-ring (bicyclic) bond motifs is 1. The van der Waals surface area contributed by atoms with Gasteiger partial charge in [-0.15, -0.1) is 0 Å². The molecule has 1 aliphatic carbocycles. The Balaban J connectivity index is 1.95. The monoisotopic (exact) mass is 345 g/mol. The molecule has 0 amide bonds. The summed E-state index contributed by atoms with van der Waals surface area (Å²) in [4.78, 5) is 0. The van der Waals surface area contributed by atoms with E-state index in [1.165, 1.54) is 11.1 Å². The van der Waals surface area contributed by atoms with Gasteiger partial charge in [-0.05, 0) is 48.1 Å². The van der Waals surface area contributed by atoms with E-state index in [-0.39, 0.29) is 5.41 Å². The highest BCUT2D eigenvalue weighted by Gasteiger charge is 2.40. The predicted octanol–water partition coefficient (Wildman–Crippen LogP) is 3.62. The van der Waals surface area contributed by atoms with Crippen molar-refractivity contribution in [1.29, 1.82) is 0 Å². The van der Waals surface area contributed by atoms with Crippen LogP contribution in [0.25, 0.3) is 0 Å². The van der Waals surface area contributed by atoms with E-state index < -0.39 is 6.10 Å². The van der Waals surface area contributed by atoms with E-state index in [1.54, 1.807) is 0 Å². The number of aliphatic hydroxyl groups excluding tert-OH is 1. The Kier molecular flexibility index (Phi) is 4.16. The van der Waals surface area contributed by atoms with E-state index >= 15 is 0 Å². The minimum atomic E-state index is -0.534. The van der Waals surface area contributed by atoms with Gasteiger partial charge < -0.3 is 10.8 Å². The molecule has 2 atom stereocenters. The molecular weight excluding hydrogens is 326 g/mol. The summed E-state index contributed by atoms with van der Waals surface area (Å²) in [6, 6.07) is 16.4. The molecule has 2 aromatic rings. The summed E-state index contributed by atoms with van der Waals surface area (Å²) in [6.07, 6.45) is 2.22. The SMILES string of the molecule is NCC1(C(O)c2cccc(Br)c2)CCc2ccccc2C1. The topological polar surface area (TPSA) is 46.2 Å². The number of aliphatic hydroxyl groups is 1. The largest absolute Gasteiger partial charge is 0.388 e. The molecular formula is C18H20BrNO. The standard InChI is InChI=1S/C18H20BrNO/c19-16-7-3-6-14(10-16)17(21)18(12-20)9-8-13-4-1-2-5-15(13)11-18/h1-7,10,17,21H,8-9,11-12,20H2. The fourth-order valence-electron chi connectivity index (χ4n) is 3.37. The van der Waals surface area contributed by atoms with Gasteiger partial charge in [0.15, 0.2) is 0 Å². The lowest BCUT2D eigenvalue weighted by Crippen LogP contribution is -2.41. The van der Waals surface area contributed by atoms with Gasteiger partial charge in [-0.25, -0.2) is 0 Å². The van der Waals surface area contributed by atoms with Gasteiger partial charge >= 0.3 is 0 Å². The van der Waals surface area contributed by atoms with E-state index in [0.717, 1.165) is 29.3 Å². The molecule has 0 spiro atoms. The van der Waals surface area contributed by atoms with Crippen LogP contribution in [-0.4, -0.2) is 11.7 Å². The van der Waals surface area contributed by atoms with Gasteiger partial charge in [-0.3, -0.25) is 0 Å². The van der Waals surface area contributed by atoms with Crippen LogP contribution in [-0.2, 0) is 12.8 Å². The summed E-state index contributed by atoms with van der Waals surface area (Å²) in [5, 5.41) is 10.9. The van der Waals surface area contributed by atoms with Crippen molar-refractivity contribution in [2.24, 2.45) is 11.1 Å². The fourth-order valence-corrected chi connectivity index (χ4v) is 3.79. The molecule has 0 aliphatic heterocycles. The Bertz CT molecular complexity index is 643.